The summed E-state index contributed by atoms with van der Waals surface area (Å²) in [6.07, 6.45) is 0.201. The van der Waals surface area contributed by atoms with Crippen molar-refractivity contribution in [3.8, 4) is 0 Å². The molecule has 0 aliphatic rings. The average molecular weight is 295 g/mol. The van der Waals surface area contributed by atoms with Crippen LogP contribution in [0.3, 0.4) is 0 Å². The molecule has 0 spiro atoms. The molecule has 0 radical (unpaired) electrons. The van der Waals surface area contributed by atoms with Gasteiger partial charge in [0.05, 0.1) is 6.42 Å². The fraction of sp³-hybridized carbons (Fsp3) is 0.562. The second-order valence-corrected chi connectivity index (χ2v) is 7.13. The van der Waals surface area contributed by atoms with Crippen LogP contribution in [0.1, 0.15) is 32.8 Å². The van der Waals surface area contributed by atoms with Crippen molar-refractivity contribution in [1.29, 1.82) is 0 Å². The SMILES string of the molecule is Cc1ccc(SCCN(CCC(=O)O)C(C)(C)C)cc1. The van der Waals surface area contributed by atoms with Crippen LogP contribution in [0.4, 0.5) is 0 Å². The zero-order valence-electron chi connectivity index (χ0n) is 12.8. The Hall–Kier alpha value is -1.00. The molecular weight excluding hydrogens is 270 g/mol. The normalized spacial score (nSPS) is 11.8. The molecule has 0 saturated carbocycles. The summed E-state index contributed by atoms with van der Waals surface area (Å²) in [6, 6.07) is 8.51. The highest BCUT2D eigenvalue weighted by molar-refractivity contribution is 7.99. The summed E-state index contributed by atoms with van der Waals surface area (Å²) in [5.41, 5.74) is 1.27. The minimum Gasteiger partial charge on any atom is -0.481 e. The van der Waals surface area contributed by atoms with Crippen molar-refractivity contribution in [2.45, 2.75) is 44.6 Å². The smallest absolute Gasteiger partial charge is 0.304 e. The second-order valence-electron chi connectivity index (χ2n) is 5.96. The predicted molar refractivity (Wildman–Crippen MR) is 85.5 cm³/mol. The van der Waals surface area contributed by atoms with Crippen LogP contribution in [0, 0.1) is 6.92 Å². The first-order valence-electron chi connectivity index (χ1n) is 6.95. The van der Waals surface area contributed by atoms with Gasteiger partial charge in [0.25, 0.3) is 0 Å². The molecule has 1 rings (SSSR count). The molecule has 0 saturated heterocycles. The van der Waals surface area contributed by atoms with Crippen LogP contribution in [0.25, 0.3) is 0 Å². The van der Waals surface area contributed by atoms with Gasteiger partial charge in [0.2, 0.25) is 0 Å². The Morgan fingerprint density at radius 2 is 1.80 bits per heavy atom. The van der Waals surface area contributed by atoms with Crippen LogP contribution in [0.2, 0.25) is 0 Å². The molecule has 20 heavy (non-hydrogen) atoms. The molecule has 0 atom stereocenters. The Bertz CT molecular complexity index is 423. The van der Waals surface area contributed by atoms with E-state index in [9.17, 15) is 4.79 Å². The van der Waals surface area contributed by atoms with Crippen LogP contribution < -0.4 is 0 Å². The van der Waals surface area contributed by atoms with E-state index in [1.807, 2.05) is 11.8 Å². The molecule has 0 heterocycles. The number of benzene rings is 1. The third kappa shape index (κ3) is 6.44. The maximum atomic E-state index is 10.7. The Morgan fingerprint density at radius 3 is 2.30 bits per heavy atom. The number of hydrogen-bond acceptors (Lipinski definition) is 3. The molecule has 0 aromatic heterocycles. The van der Waals surface area contributed by atoms with Gasteiger partial charge in [-0.1, -0.05) is 17.7 Å². The fourth-order valence-electron chi connectivity index (χ4n) is 1.92. The monoisotopic (exact) mass is 295 g/mol. The van der Waals surface area contributed by atoms with Crippen molar-refractivity contribution in [2.75, 3.05) is 18.8 Å². The van der Waals surface area contributed by atoms with Crippen LogP contribution in [0.15, 0.2) is 29.2 Å². The van der Waals surface area contributed by atoms with E-state index < -0.39 is 5.97 Å². The number of rotatable bonds is 7. The summed E-state index contributed by atoms with van der Waals surface area (Å²) in [6.45, 7) is 9.98. The van der Waals surface area contributed by atoms with Crippen molar-refractivity contribution >= 4 is 17.7 Å². The summed E-state index contributed by atoms with van der Waals surface area (Å²) in [5, 5.41) is 8.83. The van der Waals surface area contributed by atoms with E-state index in [1.54, 1.807) is 0 Å². The molecule has 112 valence electrons. The Labute approximate surface area is 126 Å². The lowest BCUT2D eigenvalue weighted by atomic mass is 10.1. The van der Waals surface area contributed by atoms with Gasteiger partial charge in [0.1, 0.15) is 0 Å². The molecule has 1 N–H and O–H groups in total. The van der Waals surface area contributed by atoms with Gasteiger partial charge in [-0.25, -0.2) is 0 Å². The van der Waals surface area contributed by atoms with Gasteiger partial charge in [-0.15, -0.1) is 11.8 Å². The number of carboxylic acids is 1. The molecule has 1 aromatic rings. The number of thioether (sulfide) groups is 1. The number of carbonyl (C=O) groups is 1. The van der Waals surface area contributed by atoms with E-state index in [2.05, 4.69) is 56.9 Å². The zero-order valence-corrected chi connectivity index (χ0v) is 13.7. The number of aliphatic carboxylic acids is 1. The topological polar surface area (TPSA) is 40.5 Å². The quantitative estimate of drug-likeness (QED) is 0.779. The number of hydrogen-bond donors (Lipinski definition) is 1. The minimum absolute atomic E-state index is 0.00326. The lowest BCUT2D eigenvalue weighted by Crippen LogP contribution is -2.43. The largest absolute Gasteiger partial charge is 0.481 e. The first-order valence-corrected chi connectivity index (χ1v) is 7.94. The summed E-state index contributed by atoms with van der Waals surface area (Å²) >= 11 is 1.82. The van der Waals surface area contributed by atoms with E-state index in [0.29, 0.717) is 6.54 Å². The molecule has 0 unspecified atom stereocenters. The van der Waals surface area contributed by atoms with Gasteiger partial charge in [-0.2, -0.15) is 0 Å². The van der Waals surface area contributed by atoms with Gasteiger partial charge in [0.15, 0.2) is 0 Å². The average Bonchev–Trinajstić information content (AvgIpc) is 2.34. The Kier molecular flexibility index (Phi) is 6.56. The van der Waals surface area contributed by atoms with Crippen molar-refractivity contribution in [3.05, 3.63) is 29.8 Å². The van der Waals surface area contributed by atoms with E-state index >= 15 is 0 Å². The van der Waals surface area contributed by atoms with Gasteiger partial charge in [0, 0.05) is 29.3 Å². The highest BCUT2D eigenvalue weighted by atomic mass is 32.2. The second kappa shape index (κ2) is 7.70. The summed E-state index contributed by atoms with van der Waals surface area (Å²) in [4.78, 5) is 14.2. The van der Waals surface area contributed by atoms with Crippen molar-refractivity contribution in [3.63, 3.8) is 0 Å². The summed E-state index contributed by atoms with van der Waals surface area (Å²) < 4.78 is 0. The highest BCUT2D eigenvalue weighted by Crippen LogP contribution is 2.20. The number of aryl methyl sites for hydroxylation is 1. The minimum atomic E-state index is -0.731. The van der Waals surface area contributed by atoms with E-state index in [4.69, 9.17) is 5.11 Å². The third-order valence-corrected chi connectivity index (χ3v) is 4.19. The van der Waals surface area contributed by atoms with Crippen molar-refractivity contribution < 1.29 is 9.90 Å². The maximum absolute atomic E-state index is 10.7. The molecule has 1 aromatic carbocycles. The lowest BCUT2D eigenvalue weighted by Gasteiger charge is -2.35. The summed E-state index contributed by atoms with van der Waals surface area (Å²) in [5.74, 6) is 0.241. The zero-order chi connectivity index (χ0) is 15.2. The Balaban J connectivity index is 2.45. The standard InChI is InChI=1S/C16H25NO2S/c1-13-5-7-14(8-6-13)20-12-11-17(16(2,3)4)10-9-15(18)19/h5-8H,9-12H2,1-4H3,(H,18,19). The molecule has 0 bridgehead atoms. The molecule has 4 heteroatoms. The van der Waals surface area contributed by atoms with Gasteiger partial charge < -0.3 is 5.11 Å². The van der Waals surface area contributed by atoms with Gasteiger partial charge in [-0.3, -0.25) is 9.69 Å². The van der Waals surface area contributed by atoms with Gasteiger partial charge in [-0.05, 0) is 39.8 Å². The molecule has 0 aliphatic heterocycles. The van der Waals surface area contributed by atoms with E-state index in [1.165, 1.54) is 10.5 Å². The number of nitrogens with zero attached hydrogens (tertiary/aromatic N) is 1. The van der Waals surface area contributed by atoms with E-state index in [0.717, 1.165) is 12.3 Å². The Morgan fingerprint density at radius 1 is 1.20 bits per heavy atom. The molecular formula is C16H25NO2S. The third-order valence-electron chi connectivity index (χ3n) is 3.20. The maximum Gasteiger partial charge on any atom is 0.304 e. The van der Waals surface area contributed by atoms with Crippen LogP contribution in [-0.4, -0.2) is 40.4 Å². The molecule has 0 fully saturated rings. The summed E-state index contributed by atoms with van der Waals surface area (Å²) in [7, 11) is 0. The predicted octanol–water partition coefficient (Wildman–Crippen LogP) is 3.66. The molecule has 0 aliphatic carbocycles. The first-order chi connectivity index (χ1) is 9.29. The van der Waals surface area contributed by atoms with Crippen LogP contribution in [-0.2, 0) is 4.79 Å². The van der Waals surface area contributed by atoms with Crippen LogP contribution in [0.5, 0.6) is 0 Å². The number of carboxylic acid groups (broad SMARTS) is 1. The molecule has 0 amide bonds. The highest BCUT2D eigenvalue weighted by Gasteiger charge is 2.21. The van der Waals surface area contributed by atoms with Crippen LogP contribution >= 0.6 is 11.8 Å². The fourth-order valence-corrected chi connectivity index (χ4v) is 2.80. The lowest BCUT2D eigenvalue weighted by molar-refractivity contribution is -0.137. The van der Waals surface area contributed by atoms with Gasteiger partial charge >= 0.3 is 5.97 Å². The van der Waals surface area contributed by atoms with Crippen molar-refractivity contribution in [1.82, 2.24) is 4.90 Å². The molecule has 3 nitrogen and oxygen atoms in total. The first kappa shape index (κ1) is 17.1. The van der Waals surface area contributed by atoms with Crippen molar-refractivity contribution in [2.24, 2.45) is 0 Å². The van der Waals surface area contributed by atoms with E-state index in [-0.39, 0.29) is 12.0 Å².